The third-order valence-corrected chi connectivity index (χ3v) is 2.42. The smallest absolute Gasteiger partial charge is 0.337 e. The molecule has 0 atom stereocenters. The summed E-state index contributed by atoms with van der Waals surface area (Å²) in [5, 5.41) is 11.1. The van der Waals surface area contributed by atoms with Crippen LogP contribution in [0.3, 0.4) is 0 Å². The molecule has 0 radical (unpaired) electrons. The Labute approximate surface area is 111 Å². The number of rotatable bonds is 3. The second kappa shape index (κ2) is 5.43. The molecule has 0 aliphatic carbocycles. The molecule has 20 heavy (non-hydrogen) atoms. The highest BCUT2D eigenvalue weighted by Crippen LogP contribution is 2.13. The van der Waals surface area contributed by atoms with Gasteiger partial charge in [0.15, 0.2) is 11.6 Å². The van der Waals surface area contributed by atoms with Gasteiger partial charge in [-0.15, -0.1) is 0 Å². The van der Waals surface area contributed by atoms with Crippen LogP contribution in [0.25, 0.3) is 0 Å². The van der Waals surface area contributed by atoms with Crippen molar-refractivity contribution in [1.29, 1.82) is 0 Å². The fraction of sp³-hybridized carbons (Fsp3) is 0. The fourth-order valence-corrected chi connectivity index (χ4v) is 1.47. The van der Waals surface area contributed by atoms with Crippen LogP contribution in [0.1, 0.15) is 20.7 Å². The van der Waals surface area contributed by atoms with E-state index in [0.29, 0.717) is 0 Å². The number of halogens is 2. The monoisotopic (exact) mass is 278 g/mol. The Morgan fingerprint density at radius 2 is 1.80 bits per heavy atom. The van der Waals surface area contributed by atoms with Gasteiger partial charge in [0.1, 0.15) is 0 Å². The van der Waals surface area contributed by atoms with Crippen LogP contribution in [-0.2, 0) is 0 Å². The van der Waals surface area contributed by atoms with Crippen molar-refractivity contribution >= 4 is 17.6 Å². The maximum absolute atomic E-state index is 13.0. The number of hydrogen-bond acceptors (Lipinski definition) is 3. The minimum Gasteiger partial charge on any atom is -0.478 e. The maximum atomic E-state index is 13.0. The minimum absolute atomic E-state index is 0.0929. The van der Waals surface area contributed by atoms with Gasteiger partial charge >= 0.3 is 5.97 Å². The molecule has 2 rings (SSSR count). The lowest BCUT2D eigenvalue weighted by Gasteiger charge is -2.06. The lowest BCUT2D eigenvalue weighted by Crippen LogP contribution is -2.13. The van der Waals surface area contributed by atoms with E-state index in [9.17, 15) is 18.4 Å². The van der Waals surface area contributed by atoms with Gasteiger partial charge in [0.05, 0.1) is 17.4 Å². The van der Waals surface area contributed by atoms with E-state index in [2.05, 4.69) is 10.3 Å². The van der Waals surface area contributed by atoms with E-state index < -0.39 is 23.5 Å². The van der Waals surface area contributed by atoms with Gasteiger partial charge in [0.25, 0.3) is 5.91 Å². The second-order valence-electron chi connectivity index (χ2n) is 3.85. The number of carboxylic acid groups (broad SMARTS) is 1. The molecule has 2 N–H and O–H groups in total. The molecule has 0 bridgehead atoms. The molecule has 5 nitrogen and oxygen atoms in total. The van der Waals surface area contributed by atoms with Gasteiger partial charge in [-0.2, -0.15) is 0 Å². The van der Waals surface area contributed by atoms with Gasteiger partial charge < -0.3 is 10.4 Å². The third-order valence-electron chi connectivity index (χ3n) is 2.42. The summed E-state index contributed by atoms with van der Waals surface area (Å²) >= 11 is 0. The minimum atomic E-state index is -1.19. The standard InChI is InChI=1S/C13H8F2N2O3/c14-10-2-1-7(4-11(10)15)12(18)17-9-3-8(13(19)20)5-16-6-9/h1-6H,(H,17,18)(H,19,20). The zero-order valence-corrected chi connectivity index (χ0v) is 9.93. The highest BCUT2D eigenvalue weighted by Gasteiger charge is 2.11. The summed E-state index contributed by atoms with van der Waals surface area (Å²) in [6.45, 7) is 0. The maximum Gasteiger partial charge on any atom is 0.337 e. The summed E-state index contributed by atoms with van der Waals surface area (Å²) in [5.41, 5.74) is -0.0580. The zero-order valence-electron chi connectivity index (χ0n) is 9.93. The Bertz CT molecular complexity index is 689. The van der Waals surface area contributed by atoms with E-state index >= 15 is 0 Å². The molecule has 0 aliphatic rings. The first-order chi connectivity index (χ1) is 9.47. The molecule has 0 unspecified atom stereocenters. The fourth-order valence-electron chi connectivity index (χ4n) is 1.47. The summed E-state index contributed by atoms with van der Waals surface area (Å²) in [6.07, 6.45) is 2.36. The first kappa shape index (κ1) is 13.6. The number of nitrogens with one attached hydrogen (secondary N) is 1. The molecule has 2 aromatic rings. The van der Waals surface area contributed by atoms with Crippen molar-refractivity contribution in [1.82, 2.24) is 4.98 Å². The topological polar surface area (TPSA) is 79.3 Å². The summed E-state index contributed by atoms with van der Waals surface area (Å²) in [7, 11) is 0. The molecule has 0 fully saturated rings. The van der Waals surface area contributed by atoms with Crippen molar-refractivity contribution in [3.05, 3.63) is 59.4 Å². The number of carboxylic acids is 1. The number of carbonyl (C=O) groups excluding carboxylic acids is 1. The van der Waals surface area contributed by atoms with Gasteiger partial charge in [0, 0.05) is 11.8 Å². The van der Waals surface area contributed by atoms with E-state index in [0.717, 1.165) is 24.4 Å². The molecule has 1 heterocycles. The Kier molecular flexibility index (Phi) is 3.69. The van der Waals surface area contributed by atoms with E-state index in [1.807, 2.05) is 0 Å². The molecule has 0 spiro atoms. The highest BCUT2D eigenvalue weighted by molar-refractivity contribution is 6.04. The van der Waals surface area contributed by atoms with Gasteiger partial charge in [-0.1, -0.05) is 0 Å². The van der Waals surface area contributed by atoms with Crippen molar-refractivity contribution in [2.24, 2.45) is 0 Å². The highest BCUT2D eigenvalue weighted by atomic mass is 19.2. The van der Waals surface area contributed by atoms with Crippen LogP contribution >= 0.6 is 0 Å². The number of nitrogens with zero attached hydrogens (tertiary/aromatic N) is 1. The second-order valence-corrected chi connectivity index (χ2v) is 3.85. The van der Waals surface area contributed by atoms with Crippen molar-refractivity contribution in [3.8, 4) is 0 Å². The van der Waals surface area contributed by atoms with Crippen LogP contribution < -0.4 is 5.32 Å². The van der Waals surface area contributed by atoms with Crippen LogP contribution in [-0.4, -0.2) is 22.0 Å². The average molecular weight is 278 g/mol. The average Bonchev–Trinajstić information content (AvgIpc) is 2.42. The Morgan fingerprint density at radius 3 is 2.45 bits per heavy atom. The Hall–Kier alpha value is -2.83. The van der Waals surface area contributed by atoms with E-state index in [1.54, 1.807) is 0 Å². The lowest BCUT2D eigenvalue weighted by atomic mass is 10.2. The molecule has 1 aromatic heterocycles. The Morgan fingerprint density at radius 1 is 1.05 bits per heavy atom. The summed E-state index contributed by atoms with van der Waals surface area (Å²) in [4.78, 5) is 26.2. The SMILES string of the molecule is O=C(O)c1cncc(NC(=O)c2ccc(F)c(F)c2)c1. The van der Waals surface area contributed by atoms with Crippen molar-refractivity contribution in [2.75, 3.05) is 5.32 Å². The van der Waals surface area contributed by atoms with Crippen molar-refractivity contribution < 1.29 is 23.5 Å². The van der Waals surface area contributed by atoms with Crippen LogP contribution in [0.15, 0.2) is 36.7 Å². The number of anilines is 1. The Balaban J connectivity index is 2.21. The van der Waals surface area contributed by atoms with Crippen LogP contribution in [0.2, 0.25) is 0 Å². The van der Waals surface area contributed by atoms with E-state index in [1.165, 1.54) is 12.3 Å². The molecular weight excluding hydrogens is 270 g/mol. The summed E-state index contributed by atoms with van der Waals surface area (Å²) in [5.74, 6) is -4.10. The van der Waals surface area contributed by atoms with Gasteiger partial charge in [-0.05, 0) is 24.3 Å². The largest absolute Gasteiger partial charge is 0.478 e. The van der Waals surface area contributed by atoms with Crippen LogP contribution in [0, 0.1) is 11.6 Å². The molecule has 0 aliphatic heterocycles. The number of hydrogen-bond donors (Lipinski definition) is 2. The predicted octanol–water partition coefficient (Wildman–Crippen LogP) is 2.31. The summed E-state index contributed by atoms with van der Waals surface area (Å²) < 4.78 is 25.8. The van der Waals surface area contributed by atoms with Crippen molar-refractivity contribution in [2.45, 2.75) is 0 Å². The van der Waals surface area contributed by atoms with Gasteiger partial charge in [0.2, 0.25) is 0 Å². The normalized spacial score (nSPS) is 10.1. The molecule has 0 saturated heterocycles. The molecule has 1 amide bonds. The number of aromatic carboxylic acids is 1. The van der Waals surface area contributed by atoms with E-state index in [-0.39, 0.29) is 16.8 Å². The number of aromatic nitrogens is 1. The molecule has 102 valence electrons. The van der Waals surface area contributed by atoms with E-state index in [4.69, 9.17) is 5.11 Å². The van der Waals surface area contributed by atoms with Crippen LogP contribution in [0.5, 0.6) is 0 Å². The zero-order chi connectivity index (χ0) is 14.7. The van der Waals surface area contributed by atoms with Crippen LogP contribution in [0.4, 0.5) is 14.5 Å². The number of carbonyl (C=O) groups is 2. The lowest BCUT2D eigenvalue weighted by molar-refractivity contribution is 0.0696. The van der Waals surface area contributed by atoms with Crippen molar-refractivity contribution in [3.63, 3.8) is 0 Å². The first-order valence-corrected chi connectivity index (χ1v) is 5.42. The quantitative estimate of drug-likeness (QED) is 0.903. The third kappa shape index (κ3) is 2.94. The number of pyridine rings is 1. The predicted molar refractivity (Wildman–Crippen MR) is 65.5 cm³/mol. The van der Waals surface area contributed by atoms with Gasteiger partial charge in [-0.3, -0.25) is 9.78 Å². The number of amides is 1. The van der Waals surface area contributed by atoms with Gasteiger partial charge in [-0.25, -0.2) is 13.6 Å². The molecule has 7 heteroatoms. The first-order valence-electron chi connectivity index (χ1n) is 5.42. The molecule has 0 saturated carbocycles. The molecular formula is C13H8F2N2O3. The number of benzene rings is 1. The summed E-state index contributed by atoms with van der Waals surface area (Å²) in [6, 6.07) is 3.89. The molecule has 1 aromatic carbocycles.